The predicted molar refractivity (Wildman–Crippen MR) is 133 cm³/mol. The first kappa shape index (κ1) is 21.1. The second-order valence-corrected chi connectivity index (χ2v) is 10.00. The van der Waals surface area contributed by atoms with Crippen molar-refractivity contribution >= 4 is 27.4 Å². The first-order chi connectivity index (χ1) is 15.5. The highest BCUT2D eigenvalue weighted by atomic mass is 32.1. The third-order valence-electron chi connectivity index (χ3n) is 6.44. The summed E-state index contributed by atoms with van der Waals surface area (Å²) in [7, 11) is 0. The van der Waals surface area contributed by atoms with Crippen molar-refractivity contribution in [2.24, 2.45) is 0 Å². The fourth-order valence-corrected chi connectivity index (χ4v) is 5.80. The molecule has 0 spiro atoms. The largest absolute Gasteiger partial charge is 0.375 e. The summed E-state index contributed by atoms with van der Waals surface area (Å²) in [6.07, 6.45) is 3.66. The van der Waals surface area contributed by atoms with Crippen LogP contribution >= 0.6 is 11.3 Å². The molecule has 2 atom stereocenters. The van der Waals surface area contributed by atoms with Crippen LogP contribution in [0.1, 0.15) is 45.2 Å². The Hall–Kier alpha value is -2.76. The highest BCUT2D eigenvalue weighted by molar-refractivity contribution is 7.17. The smallest absolute Gasteiger partial charge is 0.142 e. The van der Waals surface area contributed by atoms with Gasteiger partial charge in [0.05, 0.1) is 17.0 Å². The van der Waals surface area contributed by atoms with Gasteiger partial charge in [-0.1, -0.05) is 60.7 Å². The number of ether oxygens (including phenoxy) is 1. The van der Waals surface area contributed by atoms with Gasteiger partial charge in [-0.15, -0.1) is 11.3 Å². The highest BCUT2D eigenvalue weighted by Crippen LogP contribution is 2.43. The summed E-state index contributed by atoms with van der Waals surface area (Å²) in [5.41, 5.74) is 3.55. The van der Waals surface area contributed by atoms with Gasteiger partial charge in [0, 0.05) is 23.6 Å². The van der Waals surface area contributed by atoms with E-state index < -0.39 is 0 Å². The Balaban J connectivity index is 1.69. The van der Waals surface area contributed by atoms with Gasteiger partial charge in [-0.25, -0.2) is 9.97 Å². The van der Waals surface area contributed by atoms with E-state index in [4.69, 9.17) is 9.72 Å². The number of rotatable bonds is 5. The van der Waals surface area contributed by atoms with Crippen molar-refractivity contribution in [3.8, 4) is 11.1 Å². The Labute approximate surface area is 193 Å². The van der Waals surface area contributed by atoms with E-state index in [1.165, 1.54) is 16.7 Å². The van der Waals surface area contributed by atoms with E-state index in [0.717, 1.165) is 35.5 Å². The molecule has 0 radical (unpaired) electrons. The Kier molecular flexibility index (Phi) is 5.70. The molecule has 3 heterocycles. The van der Waals surface area contributed by atoms with Crippen molar-refractivity contribution in [2.75, 3.05) is 11.5 Å². The van der Waals surface area contributed by atoms with Crippen LogP contribution < -0.4 is 4.90 Å². The number of fused-ring (bicyclic) bond motifs is 1. The molecular formula is C27H29N3OS. The Morgan fingerprint density at radius 2 is 1.75 bits per heavy atom. The number of aromatic nitrogens is 2. The zero-order valence-corrected chi connectivity index (χ0v) is 19.7. The van der Waals surface area contributed by atoms with E-state index in [2.05, 4.69) is 96.7 Å². The van der Waals surface area contributed by atoms with Gasteiger partial charge in [-0.05, 0) is 44.7 Å². The van der Waals surface area contributed by atoms with Gasteiger partial charge in [0.15, 0.2) is 0 Å². The summed E-state index contributed by atoms with van der Waals surface area (Å²) in [6.45, 7) is 7.44. The molecule has 5 heteroatoms. The Morgan fingerprint density at radius 3 is 2.47 bits per heavy atom. The minimum atomic E-state index is -0.152. The van der Waals surface area contributed by atoms with E-state index in [9.17, 15) is 0 Å². The number of hydrogen-bond donors (Lipinski definition) is 0. The van der Waals surface area contributed by atoms with Crippen molar-refractivity contribution in [3.05, 3.63) is 77.9 Å². The van der Waals surface area contributed by atoms with Gasteiger partial charge in [0.1, 0.15) is 17.0 Å². The summed E-state index contributed by atoms with van der Waals surface area (Å²) < 4.78 is 6.08. The maximum absolute atomic E-state index is 6.08. The van der Waals surface area contributed by atoms with Crippen molar-refractivity contribution in [2.45, 2.75) is 51.3 Å². The minimum Gasteiger partial charge on any atom is -0.375 e. The number of thiophene rings is 1. The molecule has 1 aliphatic heterocycles. The molecule has 4 aromatic rings. The third kappa shape index (κ3) is 4.03. The van der Waals surface area contributed by atoms with E-state index in [1.54, 1.807) is 17.7 Å². The zero-order valence-electron chi connectivity index (χ0n) is 18.9. The van der Waals surface area contributed by atoms with Crippen LogP contribution in [-0.4, -0.2) is 28.2 Å². The molecule has 2 aromatic heterocycles. The molecule has 2 unspecified atom stereocenters. The van der Waals surface area contributed by atoms with Crippen LogP contribution in [0.5, 0.6) is 0 Å². The molecule has 1 fully saturated rings. The molecule has 0 bridgehead atoms. The first-order valence-electron chi connectivity index (χ1n) is 11.3. The van der Waals surface area contributed by atoms with Crippen LogP contribution in [-0.2, 0) is 4.74 Å². The summed E-state index contributed by atoms with van der Waals surface area (Å²) >= 11 is 1.69. The van der Waals surface area contributed by atoms with E-state index in [0.29, 0.717) is 6.04 Å². The van der Waals surface area contributed by atoms with Gasteiger partial charge >= 0.3 is 0 Å². The lowest BCUT2D eigenvalue weighted by atomic mass is 9.90. The summed E-state index contributed by atoms with van der Waals surface area (Å²) in [6, 6.07) is 21.8. The van der Waals surface area contributed by atoms with Crippen molar-refractivity contribution in [1.82, 2.24) is 9.97 Å². The number of hydrogen-bond acceptors (Lipinski definition) is 5. The fraction of sp³-hybridized carbons (Fsp3) is 0.333. The SMILES string of the molecule is CC(c1ccccc1)N(c1ncnc2scc(-c3ccccc3)c12)C1CCOC(C)(C)C1. The van der Waals surface area contributed by atoms with E-state index >= 15 is 0 Å². The molecule has 0 amide bonds. The van der Waals surface area contributed by atoms with Gasteiger partial charge in [0.25, 0.3) is 0 Å². The zero-order chi connectivity index (χ0) is 22.1. The van der Waals surface area contributed by atoms with E-state index in [1.807, 2.05) is 0 Å². The second-order valence-electron chi connectivity index (χ2n) is 9.14. The molecule has 0 saturated carbocycles. The fourth-order valence-electron chi connectivity index (χ4n) is 4.89. The second kappa shape index (κ2) is 8.64. The normalized spacial score (nSPS) is 19.0. The lowest BCUT2D eigenvalue weighted by molar-refractivity contribution is -0.0597. The maximum Gasteiger partial charge on any atom is 0.142 e. The lowest BCUT2D eigenvalue weighted by Gasteiger charge is -2.44. The summed E-state index contributed by atoms with van der Waals surface area (Å²) in [5, 5.41) is 3.37. The number of anilines is 1. The standard InChI is InChI=1S/C27H29N3OS/c1-19(20-10-6-4-7-11-20)30(22-14-15-31-27(2,3)16-22)25-24-23(21-12-8-5-9-13-21)17-32-26(24)29-18-28-25/h4-13,17-19,22H,14-16H2,1-3H3. The quantitative estimate of drug-likeness (QED) is 0.337. The lowest BCUT2D eigenvalue weighted by Crippen LogP contribution is -2.47. The molecule has 1 aliphatic rings. The molecule has 2 aromatic carbocycles. The average Bonchev–Trinajstić information content (AvgIpc) is 3.25. The van der Waals surface area contributed by atoms with Crippen molar-refractivity contribution < 1.29 is 4.74 Å². The molecule has 0 N–H and O–H groups in total. The first-order valence-corrected chi connectivity index (χ1v) is 12.2. The van der Waals surface area contributed by atoms with Crippen LogP contribution in [0.15, 0.2) is 72.4 Å². The molecule has 4 nitrogen and oxygen atoms in total. The monoisotopic (exact) mass is 443 g/mol. The number of benzene rings is 2. The van der Waals surface area contributed by atoms with Gasteiger partial charge in [0.2, 0.25) is 0 Å². The topological polar surface area (TPSA) is 38.2 Å². The Bertz CT molecular complexity index is 1190. The summed E-state index contributed by atoms with van der Waals surface area (Å²) in [4.78, 5) is 13.1. The van der Waals surface area contributed by atoms with Crippen LogP contribution in [0, 0.1) is 0 Å². The molecule has 0 aliphatic carbocycles. The van der Waals surface area contributed by atoms with Gasteiger partial charge in [-0.3, -0.25) is 0 Å². The van der Waals surface area contributed by atoms with Crippen LogP contribution in [0.3, 0.4) is 0 Å². The molecular weight excluding hydrogens is 414 g/mol. The van der Waals surface area contributed by atoms with Crippen LogP contribution in [0.25, 0.3) is 21.3 Å². The average molecular weight is 444 g/mol. The molecule has 5 rings (SSSR count). The molecule has 1 saturated heterocycles. The summed E-state index contributed by atoms with van der Waals surface area (Å²) in [5.74, 6) is 1.02. The highest BCUT2D eigenvalue weighted by Gasteiger charge is 2.36. The molecule has 32 heavy (non-hydrogen) atoms. The van der Waals surface area contributed by atoms with Crippen LogP contribution in [0.2, 0.25) is 0 Å². The Morgan fingerprint density at radius 1 is 1.03 bits per heavy atom. The molecule has 164 valence electrons. The van der Waals surface area contributed by atoms with Crippen molar-refractivity contribution in [1.29, 1.82) is 0 Å². The minimum absolute atomic E-state index is 0.152. The van der Waals surface area contributed by atoms with Gasteiger partial charge < -0.3 is 9.64 Å². The van der Waals surface area contributed by atoms with Crippen molar-refractivity contribution in [3.63, 3.8) is 0 Å². The predicted octanol–water partition coefficient (Wildman–Crippen LogP) is 6.88. The van der Waals surface area contributed by atoms with E-state index in [-0.39, 0.29) is 11.6 Å². The maximum atomic E-state index is 6.08. The number of nitrogens with zero attached hydrogens (tertiary/aromatic N) is 3. The van der Waals surface area contributed by atoms with Crippen LogP contribution in [0.4, 0.5) is 5.82 Å². The third-order valence-corrected chi connectivity index (χ3v) is 7.33. The van der Waals surface area contributed by atoms with Gasteiger partial charge in [-0.2, -0.15) is 0 Å².